The molecule has 0 saturated carbocycles. The largest absolute Gasteiger partial charge is 0.467 e. The summed E-state index contributed by atoms with van der Waals surface area (Å²) < 4.78 is 0. The Morgan fingerprint density at radius 1 is 1.39 bits per heavy atom. The van der Waals surface area contributed by atoms with Gasteiger partial charge in [-0.25, -0.2) is 0 Å². The molecular weight excluding hydrogens is 240 g/mol. The van der Waals surface area contributed by atoms with Gasteiger partial charge in [-0.3, -0.25) is 4.90 Å². The van der Waals surface area contributed by atoms with Crippen molar-refractivity contribution in [3.63, 3.8) is 0 Å². The zero-order valence-corrected chi connectivity index (χ0v) is 12.2. The molecule has 1 aromatic rings. The summed E-state index contributed by atoms with van der Waals surface area (Å²) in [6.07, 6.45) is 4.17. The lowest BCUT2D eigenvalue weighted by molar-refractivity contribution is -0.843. The monoisotopic (exact) mass is 264 g/mol. The number of thiophene rings is 1. The number of aryl methyl sites for hydroxylation is 1. The van der Waals surface area contributed by atoms with Gasteiger partial charge in [-0.05, 0) is 49.9 Å². The van der Waals surface area contributed by atoms with Crippen LogP contribution in [-0.2, 0) is 6.54 Å². The van der Waals surface area contributed by atoms with E-state index in [9.17, 15) is 0 Å². The van der Waals surface area contributed by atoms with E-state index in [0.717, 1.165) is 0 Å². The maximum atomic E-state index is 4.18. The third kappa shape index (κ3) is 2.49. The number of piperidine rings is 1. The molecule has 3 heteroatoms. The lowest BCUT2D eigenvalue weighted by Gasteiger charge is -2.38. The minimum Gasteiger partial charge on any atom is -0.467 e. The predicted octanol–water partition coefficient (Wildman–Crippen LogP) is 1.72. The number of quaternary nitrogens is 1. The highest BCUT2D eigenvalue weighted by molar-refractivity contribution is 7.10. The second-order valence-electron chi connectivity index (χ2n) is 6.23. The van der Waals surface area contributed by atoms with Crippen LogP contribution < -0.4 is 4.90 Å². The van der Waals surface area contributed by atoms with Crippen LogP contribution >= 0.6 is 11.3 Å². The van der Waals surface area contributed by atoms with E-state index in [4.69, 9.17) is 0 Å². The van der Waals surface area contributed by atoms with E-state index in [2.05, 4.69) is 30.3 Å². The highest BCUT2D eigenvalue weighted by atomic mass is 32.1. The Labute approximate surface area is 115 Å². The lowest BCUT2D eigenvalue weighted by Crippen LogP contribution is -3.05. The van der Waals surface area contributed by atoms with Crippen molar-refractivity contribution in [3.05, 3.63) is 28.9 Å². The second kappa shape index (κ2) is 4.95. The Morgan fingerprint density at radius 2 is 2.17 bits per heavy atom. The van der Waals surface area contributed by atoms with E-state index in [1.807, 2.05) is 11.3 Å². The Morgan fingerprint density at radius 3 is 2.72 bits per heavy atom. The van der Waals surface area contributed by atoms with Gasteiger partial charge in [0.15, 0.2) is 0 Å². The Kier molecular flexibility index (Phi) is 3.48. The maximum Gasteiger partial charge on any atom is 0.0590 e. The summed E-state index contributed by atoms with van der Waals surface area (Å²) in [6.45, 7) is 8.55. The molecule has 1 unspecified atom stereocenters. The topological polar surface area (TPSA) is 7.68 Å². The summed E-state index contributed by atoms with van der Waals surface area (Å²) in [5.74, 6) is 0. The molecule has 0 bridgehead atoms. The third-order valence-corrected chi connectivity index (χ3v) is 5.89. The van der Waals surface area contributed by atoms with Gasteiger partial charge in [-0.1, -0.05) is 0 Å². The van der Waals surface area contributed by atoms with E-state index in [-0.39, 0.29) is 0 Å². The van der Waals surface area contributed by atoms with Crippen molar-refractivity contribution in [1.82, 2.24) is 4.90 Å². The van der Waals surface area contributed by atoms with Crippen molar-refractivity contribution < 1.29 is 4.90 Å². The third-order valence-electron chi connectivity index (χ3n) is 4.89. The van der Waals surface area contributed by atoms with Gasteiger partial charge in [-0.15, -0.1) is 11.3 Å². The molecule has 0 aliphatic carbocycles. The Bertz CT molecular complexity index is 404. The van der Waals surface area contributed by atoms with Crippen LogP contribution in [0.25, 0.3) is 0 Å². The molecule has 3 heterocycles. The van der Waals surface area contributed by atoms with Crippen LogP contribution in [0, 0.1) is 19.4 Å². The molecule has 2 aliphatic rings. The van der Waals surface area contributed by atoms with Gasteiger partial charge in [0.2, 0.25) is 0 Å². The lowest BCUT2D eigenvalue weighted by atomic mass is 9.78. The molecule has 2 aliphatic heterocycles. The molecule has 1 spiro atoms. The number of rotatable bonds is 2. The molecule has 1 atom stereocenters. The van der Waals surface area contributed by atoms with Crippen molar-refractivity contribution in [2.24, 2.45) is 5.41 Å². The summed E-state index contributed by atoms with van der Waals surface area (Å²) in [5, 5.41) is 2.22. The van der Waals surface area contributed by atoms with Crippen molar-refractivity contribution in [3.8, 4) is 0 Å². The van der Waals surface area contributed by atoms with Crippen molar-refractivity contribution in [2.45, 2.75) is 32.7 Å². The van der Waals surface area contributed by atoms with E-state index in [1.165, 1.54) is 62.4 Å². The Balaban J connectivity index is 1.56. The number of hydrogen-bond donors (Lipinski definition) is 1. The summed E-state index contributed by atoms with van der Waals surface area (Å²) in [4.78, 5) is 5.70. The van der Waals surface area contributed by atoms with Gasteiger partial charge in [0.25, 0.3) is 0 Å². The smallest absolute Gasteiger partial charge is 0.0590 e. The first-order valence-corrected chi connectivity index (χ1v) is 7.97. The van der Waals surface area contributed by atoms with Crippen molar-refractivity contribution in [2.75, 3.05) is 26.2 Å². The Hall–Kier alpha value is -0.380. The number of hydrogen-bond acceptors (Lipinski definition) is 2. The van der Waals surface area contributed by atoms with Crippen LogP contribution in [-0.4, -0.2) is 31.1 Å². The van der Waals surface area contributed by atoms with Crippen LogP contribution in [0.2, 0.25) is 0 Å². The first kappa shape index (κ1) is 12.6. The highest BCUT2D eigenvalue weighted by Gasteiger charge is 2.40. The molecule has 100 valence electrons. The highest BCUT2D eigenvalue weighted by Crippen LogP contribution is 2.36. The SMILES string of the molecule is [CH2-][NH+]1CCC2(CCN(Cc3sccc3C)CC2)C1. The molecule has 0 aromatic carbocycles. The number of nitrogens with one attached hydrogen (secondary N) is 1. The second-order valence-corrected chi connectivity index (χ2v) is 7.23. The minimum atomic E-state index is 0.637. The normalized spacial score (nSPS) is 28.0. The van der Waals surface area contributed by atoms with Gasteiger partial charge >= 0.3 is 0 Å². The standard InChI is InChI=1S/C15H24N2S/c1-13-3-10-18-14(13)11-17-8-5-15(6-9-17)4-7-16(2)12-15/h3,10,16H,2,4-9,11-12H2,1H3. The molecular formula is C15H24N2S. The molecule has 0 radical (unpaired) electrons. The average Bonchev–Trinajstić information content (AvgIpc) is 2.91. The molecule has 3 rings (SSSR count). The van der Waals surface area contributed by atoms with E-state index >= 15 is 0 Å². The van der Waals surface area contributed by atoms with Gasteiger partial charge in [-0.2, -0.15) is 7.05 Å². The fraction of sp³-hybridized carbons (Fsp3) is 0.667. The van der Waals surface area contributed by atoms with Crippen LogP contribution in [0.5, 0.6) is 0 Å². The fourth-order valence-electron chi connectivity index (χ4n) is 3.53. The molecule has 0 amide bonds. The molecule has 1 aromatic heterocycles. The van der Waals surface area contributed by atoms with Gasteiger partial charge in [0.1, 0.15) is 0 Å². The van der Waals surface area contributed by atoms with Crippen LogP contribution in [0.1, 0.15) is 29.7 Å². The first-order valence-electron chi connectivity index (χ1n) is 7.09. The van der Waals surface area contributed by atoms with E-state index < -0.39 is 0 Å². The molecule has 2 nitrogen and oxygen atoms in total. The van der Waals surface area contributed by atoms with Crippen molar-refractivity contribution in [1.29, 1.82) is 0 Å². The zero-order chi connectivity index (χ0) is 12.6. The molecule has 2 saturated heterocycles. The average molecular weight is 264 g/mol. The van der Waals surface area contributed by atoms with Gasteiger partial charge in [0, 0.05) is 23.3 Å². The predicted molar refractivity (Wildman–Crippen MR) is 76.7 cm³/mol. The summed E-state index contributed by atoms with van der Waals surface area (Å²) in [5.41, 5.74) is 2.10. The maximum absolute atomic E-state index is 4.18. The first-order chi connectivity index (χ1) is 8.67. The van der Waals surface area contributed by atoms with Crippen LogP contribution in [0.3, 0.4) is 0 Å². The number of likely N-dealkylation sites (tertiary alicyclic amines) is 2. The molecule has 2 fully saturated rings. The van der Waals surface area contributed by atoms with Gasteiger partial charge < -0.3 is 4.90 Å². The quantitative estimate of drug-likeness (QED) is 0.799. The summed E-state index contributed by atoms with van der Waals surface area (Å²) >= 11 is 1.91. The van der Waals surface area contributed by atoms with E-state index in [0.29, 0.717) is 5.41 Å². The zero-order valence-electron chi connectivity index (χ0n) is 11.4. The van der Waals surface area contributed by atoms with Crippen LogP contribution in [0.4, 0.5) is 0 Å². The number of nitrogens with zero attached hydrogens (tertiary/aromatic N) is 1. The molecule has 18 heavy (non-hydrogen) atoms. The summed E-state index contributed by atoms with van der Waals surface area (Å²) in [6, 6.07) is 2.24. The summed E-state index contributed by atoms with van der Waals surface area (Å²) in [7, 11) is 4.18. The van der Waals surface area contributed by atoms with Crippen molar-refractivity contribution >= 4 is 11.3 Å². The van der Waals surface area contributed by atoms with Gasteiger partial charge in [0.05, 0.1) is 13.1 Å². The van der Waals surface area contributed by atoms with Crippen LogP contribution in [0.15, 0.2) is 11.4 Å². The van der Waals surface area contributed by atoms with E-state index in [1.54, 1.807) is 4.88 Å². The molecule has 1 N–H and O–H groups in total. The minimum absolute atomic E-state index is 0.637. The fourth-order valence-corrected chi connectivity index (χ4v) is 4.48.